The van der Waals surface area contributed by atoms with E-state index in [4.69, 9.17) is 0 Å². The molecule has 0 saturated carbocycles. The second-order valence-electron chi connectivity index (χ2n) is 2.41. The second kappa shape index (κ2) is 13.3. The normalized spacial score (nSPS) is 17.6. The van der Waals surface area contributed by atoms with Crippen molar-refractivity contribution in [3.05, 3.63) is 13.2 Å². The molecule has 0 radical (unpaired) electrons. The van der Waals surface area contributed by atoms with Gasteiger partial charge in [-0.1, -0.05) is 13.8 Å². The molecule has 0 spiro atoms. The molecule has 2 heteroatoms. The Balaban J connectivity index is 0. The van der Waals surface area contributed by atoms with Crippen molar-refractivity contribution in [2.75, 3.05) is 33.2 Å². The smallest absolute Gasteiger partial charge is 0.0104 e. The molecule has 1 aliphatic heterocycles. The molecule has 1 heterocycles. The Morgan fingerprint density at radius 1 is 1.08 bits per heavy atom. The lowest BCUT2D eigenvalue weighted by molar-refractivity contribution is 0.358. The molecular formula is C10H24N2. The Hall–Kier alpha value is -0.340. The standard InChI is InChI=1S/C6H14N2.C2H6.C2H4/c1-8-5-2-3-7-4-6-8;2*1-2/h7H,2-6H2,1H3;1-2H3;1-2H2. The van der Waals surface area contributed by atoms with Gasteiger partial charge in [0.25, 0.3) is 0 Å². The number of nitrogens with one attached hydrogen (secondary N) is 1. The quantitative estimate of drug-likeness (QED) is 0.560. The minimum atomic E-state index is 1.16. The van der Waals surface area contributed by atoms with Crippen LogP contribution in [0.25, 0.3) is 0 Å². The average Bonchev–Trinajstić information content (AvgIpc) is 2.40. The first-order valence-corrected chi connectivity index (χ1v) is 4.79. The maximum Gasteiger partial charge on any atom is 0.0104 e. The largest absolute Gasteiger partial charge is 0.315 e. The molecule has 0 aliphatic carbocycles. The van der Waals surface area contributed by atoms with Crippen molar-refractivity contribution in [3.8, 4) is 0 Å². The summed E-state index contributed by atoms with van der Waals surface area (Å²) in [4.78, 5) is 2.36. The van der Waals surface area contributed by atoms with Gasteiger partial charge in [0.05, 0.1) is 0 Å². The topological polar surface area (TPSA) is 15.3 Å². The van der Waals surface area contributed by atoms with E-state index in [9.17, 15) is 0 Å². The molecule has 1 saturated heterocycles. The lowest BCUT2D eigenvalue weighted by atomic mass is 10.4. The van der Waals surface area contributed by atoms with E-state index in [1.165, 1.54) is 26.1 Å². The number of hydrogen-bond acceptors (Lipinski definition) is 2. The molecule has 0 aromatic carbocycles. The molecule has 1 rings (SSSR count). The van der Waals surface area contributed by atoms with E-state index in [0.717, 1.165) is 6.54 Å². The Kier molecular flexibility index (Phi) is 15.7. The fraction of sp³-hybridized carbons (Fsp3) is 0.800. The Bertz CT molecular complexity index is 66.2. The number of nitrogens with zero attached hydrogens (tertiary/aromatic N) is 1. The van der Waals surface area contributed by atoms with Crippen LogP contribution in [0.4, 0.5) is 0 Å². The highest BCUT2D eigenvalue weighted by Crippen LogP contribution is 1.88. The molecule has 1 aliphatic rings. The van der Waals surface area contributed by atoms with Crippen molar-refractivity contribution in [2.45, 2.75) is 20.3 Å². The summed E-state index contributed by atoms with van der Waals surface area (Å²) in [5.74, 6) is 0. The Morgan fingerprint density at radius 2 is 1.67 bits per heavy atom. The fourth-order valence-corrected chi connectivity index (χ4v) is 0.981. The summed E-state index contributed by atoms with van der Waals surface area (Å²) < 4.78 is 0. The molecule has 0 amide bonds. The van der Waals surface area contributed by atoms with Crippen LogP contribution in [0.1, 0.15) is 20.3 Å². The summed E-state index contributed by atoms with van der Waals surface area (Å²) in [7, 11) is 2.17. The van der Waals surface area contributed by atoms with Crippen molar-refractivity contribution in [3.63, 3.8) is 0 Å². The van der Waals surface area contributed by atoms with Crippen LogP contribution in [-0.2, 0) is 0 Å². The molecule has 74 valence electrons. The van der Waals surface area contributed by atoms with E-state index in [1.54, 1.807) is 0 Å². The number of rotatable bonds is 0. The van der Waals surface area contributed by atoms with Gasteiger partial charge in [-0.15, -0.1) is 13.2 Å². The van der Waals surface area contributed by atoms with Gasteiger partial charge in [0.15, 0.2) is 0 Å². The summed E-state index contributed by atoms with van der Waals surface area (Å²) >= 11 is 0. The molecule has 1 fully saturated rings. The van der Waals surface area contributed by atoms with Crippen molar-refractivity contribution in [2.24, 2.45) is 0 Å². The van der Waals surface area contributed by atoms with E-state index in [-0.39, 0.29) is 0 Å². The van der Waals surface area contributed by atoms with Gasteiger partial charge in [-0.2, -0.15) is 0 Å². The lowest BCUT2D eigenvalue weighted by Gasteiger charge is -2.09. The lowest BCUT2D eigenvalue weighted by Crippen LogP contribution is -2.23. The van der Waals surface area contributed by atoms with Crippen LogP contribution in [0.3, 0.4) is 0 Å². The third-order valence-electron chi connectivity index (χ3n) is 1.56. The Labute approximate surface area is 77.6 Å². The van der Waals surface area contributed by atoms with Gasteiger partial charge >= 0.3 is 0 Å². The van der Waals surface area contributed by atoms with Crippen LogP contribution in [-0.4, -0.2) is 38.1 Å². The molecule has 12 heavy (non-hydrogen) atoms. The summed E-state index contributed by atoms with van der Waals surface area (Å²) in [5.41, 5.74) is 0. The van der Waals surface area contributed by atoms with Crippen LogP contribution < -0.4 is 5.32 Å². The van der Waals surface area contributed by atoms with Crippen LogP contribution in [0.5, 0.6) is 0 Å². The third kappa shape index (κ3) is 9.66. The molecule has 0 unspecified atom stereocenters. The van der Waals surface area contributed by atoms with Gasteiger partial charge in [0, 0.05) is 13.1 Å². The van der Waals surface area contributed by atoms with Gasteiger partial charge in [-0.3, -0.25) is 0 Å². The van der Waals surface area contributed by atoms with Gasteiger partial charge < -0.3 is 10.2 Å². The molecule has 0 atom stereocenters. The van der Waals surface area contributed by atoms with E-state index < -0.39 is 0 Å². The first-order chi connectivity index (χ1) is 5.89. The van der Waals surface area contributed by atoms with Crippen molar-refractivity contribution < 1.29 is 0 Å². The summed E-state index contributed by atoms with van der Waals surface area (Å²) in [6, 6.07) is 0. The highest BCUT2D eigenvalue weighted by molar-refractivity contribution is 4.60. The highest BCUT2D eigenvalue weighted by atomic mass is 15.1. The third-order valence-corrected chi connectivity index (χ3v) is 1.56. The predicted octanol–water partition coefficient (Wildman–Crippen LogP) is 1.74. The maximum atomic E-state index is 3.34. The van der Waals surface area contributed by atoms with Crippen LogP contribution in [0, 0.1) is 0 Å². The maximum absolute atomic E-state index is 3.34. The van der Waals surface area contributed by atoms with E-state index in [1.807, 2.05) is 13.8 Å². The van der Waals surface area contributed by atoms with E-state index in [2.05, 4.69) is 30.4 Å². The number of likely N-dealkylation sites (N-methyl/N-ethyl adjacent to an activating group) is 1. The highest BCUT2D eigenvalue weighted by Gasteiger charge is 2.00. The zero-order valence-corrected chi connectivity index (χ0v) is 8.90. The van der Waals surface area contributed by atoms with Crippen molar-refractivity contribution in [1.82, 2.24) is 10.2 Å². The molecule has 0 aromatic heterocycles. The second-order valence-corrected chi connectivity index (χ2v) is 2.41. The zero-order valence-electron chi connectivity index (χ0n) is 8.90. The molecule has 2 nitrogen and oxygen atoms in total. The minimum Gasteiger partial charge on any atom is -0.315 e. The van der Waals surface area contributed by atoms with Crippen molar-refractivity contribution in [1.29, 1.82) is 0 Å². The molecule has 0 bridgehead atoms. The monoisotopic (exact) mass is 172 g/mol. The van der Waals surface area contributed by atoms with Gasteiger partial charge in [-0.05, 0) is 26.6 Å². The van der Waals surface area contributed by atoms with E-state index in [0.29, 0.717) is 0 Å². The van der Waals surface area contributed by atoms with Gasteiger partial charge in [0.1, 0.15) is 0 Å². The average molecular weight is 172 g/mol. The molecule has 1 N–H and O–H groups in total. The van der Waals surface area contributed by atoms with Crippen LogP contribution in [0.15, 0.2) is 13.2 Å². The molecular weight excluding hydrogens is 148 g/mol. The van der Waals surface area contributed by atoms with Gasteiger partial charge in [0.2, 0.25) is 0 Å². The minimum absolute atomic E-state index is 1.16. The first-order valence-electron chi connectivity index (χ1n) is 4.79. The van der Waals surface area contributed by atoms with E-state index >= 15 is 0 Å². The van der Waals surface area contributed by atoms with Gasteiger partial charge in [-0.25, -0.2) is 0 Å². The summed E-state index contributed by atoms with van der Waals surface area (Å²) in [6.45, 7) is 14.8. The predicted molar refractivity (Wildman–Crippen MR) is 57.6 cm³/mol. The van der Waals surface area contributed by atoms with Crippen LogP contribution >= 0.6 is 0 Å². The summed E-state index contributed by atoms with van der Waals surface area (Å²) in [6.07, 6.45) is 1.30. The number of hydrogen-bond donors (Lipinski definition) is 1. The first kappa shape index (κ1) is 14.2. The fourth-order valence-electron chi connectivity index (χ4n) is 0.981. The zero-order chi connectivity index (χ0) is 9.82. The van der Waals surface area contributed by atoms with Crippen LogP contribution in [0.2, 0.25) is 0 Å². The SMILES string of the molecule is C=C.CC.CN1CCCNCC1. The Morgan fingerprint density at radius 3 is 2.25 bits per heavy atom. The summed E-state index contributed by atoms with van der Waals surface area (Å²) in [5, 5.41) is 3.34. The molecule has 0 aromatic rings. The van der Waals surface area contributed by atoms with Crippen molar-refractivity contribution >= 4 is 0 Å².